The Morgan fingerprint density at radius 3 is 2.48 bits per heavy atom. The van der Waals surface area contributed by atoms with Gasteiger partial charge in [0.1, 0.15) is 11.5 Å². The van der Waals surface area contributed by atoms with Crippen molar-refractivity contribution < 1.29 is 19.6 Å². The van der Waals surface area contributed by atoms with E-state index in [4.69, 9.17) is 4.74 Å². The molecule has 0 spiro atoms. The first-order chi connectivity index (χ1) is 10.8. The van der Waals surface area contributed by atoms with Gasteiger partial charge in [-0.05, 0) is 43.2 Å². The van der Waals surface area contributed by atoms with Crippen molar-refractivity contribution in [1.82, 2.24) is 0 Å². The molecule has 120 valence electrons. The van der Waals surface area contributed by atoms with Crippen LogP contribution in [0.2, 0.25) is 0 Å². The highest BCUT2D eigenvalue weighted by Gasteiger charge is 2.13. The number of aromatic hydroxyl groups is 1. The number of phenolic OH excluding ortho intramolecular Hbond substituents is 1. The number of aryl methyl sites for hydroxylation is 2. The maximum atomic E-state index is 11.9. The van der Waals surface area contributed by atoms with Crippen LogP contribution in [0.5, 0.6) is 11.5 Å². The molecule has 0 saturated heterocycles. The largest absolute Gasteiger partial charge is 0.506 e. The third-order valence-electron chi connectivity index (χ3n) is 3.03. The molecule has 2 N–H and O–H groups in total. The van der Waals surface area contributed by atoms with Crippen LogP contribution in [0, 0.1) is 24.0 Å². The standard InChI is InChI=1S/C16H16N2O5/c1-10-5-11(2)7-13(6-10)23-9-16(20)17-14-8-12(18(21)22)3-4-15(14)19/h3-8,19H,9H2,1-2H3,(H,17,20). The van der Waals surface area contributed by atoms with Crippen molar-refractivity contribution in [3.05, 3.63) is 57.6 Å². The predicted octanol–water partition coefficient (Wildman–Crippen LogP) is 2.93. The molecule has 0 aromatic heterocycles. The molecule has 0 aliphatic carbocycles. The molecule has 2 aromatic carbocycles. The number of nitrogens with one attached hydrogen (secondary N) is 1. The second-order valence-electron chi connectivity index (χ2n) is 5.12. The van der Waals surface area contributed by atoms with Gasteiger partial charge < -0.3 is 15.2 Å². The predicted molar refractivity (Wildman–Crippen MR) is 84.8 cm³/mol. The van der Waals surface area contributed by atoms with Gasteiger partial charge in [0.2, 0.25) is 0 Å². The first-order valence-corrected chi connectivity index (χ1v) is 6.83. The zero-order valence-corrected chi connectivity index (χ0v) is 12.7. The van der Waals surface area contributed by atoms with E-state index in [1.807, 2.05) is 19.9 Å². The number of hydrogen-bond acceptors (Lipinski definition) is 5. The van der Waals surface area contributed by atoms with E-state index in [-0.39, 0.29) is 23.7 Å². The number of amides is 1. The molecule has 23 heavy (non-hydrogen) atoms. The lowest BCUT2D eigenvalue weighted by molar-refractivity contribution is -0.384. The number of carbonyl (C=O) groups excluding carboxylic acids is 1. The van der Waals surface area contributed by atoms with Gasteiger partial charge in [-0.2, -0.15) is 0 Å². The highest BCUT2D eigenvalue weighted by Crippen LogP contribution is 2.27. The zero-order valence-electron chi connectivity index (χ0n) is 12.7. The normalized spacial score (nSPS) is 10.2. The minimum atomic E-state index is -0.610. The summed E-state index contributed by atoms with van der Waals surface area (Å²) in [4.78, 5) is 22.0. The summed E-state index contributed by atoms with van der Waals surface area (Å²) in [7, 11) is 0. The average molecular weight is 316 g/mol. The van der Waals surface area contributed by atoms with E-state index in [1.54, 1.807) is 12.1 Å². The summed E-state index contributed by atoms with van der Waals surface area (Å²) in [5.74, 6) is -0.226. The molecule has 7 nitrogen and oxygen atoms in total. The van der Waals surface area contributed by atoms with Crippen LogP contribution in [-0.4, -0.2) is 22.5 Å². The SMILES string of the molecule is Cc1cc(C)cc(OCC(=O)Nc2cc([N+](=O)[O-])ccc2O)c1. The van der Waals surface area contributed by atoms with Gasteiger partial charge in [0, 0.05) is 12.1 Å². The third-order valence-corrected chi connectivity index (χ3v) is 3.03. The Hall–Kier alpha value is -3.09. The number of nitrogens with zero attached hydrogens (tertiary/aromatic N) is 1. The third kappa shape index (κ3) is 4.44. The molecule has 0 aliphatic heterocycles. The smallest absolute Gasteiger partial charge is 0.271 e. The monoisotopic (exact) mass is 316 g/mol. The fourth-order valence-electron chi connectivity index (χ4n) is 2.09. The Bertz CT molecular complexity index is 738. The van der Waals surface area contributed by atoms with Gasteiger partial charge in [-0.25, -0.2) is 0 Å². The second-order valence-corrected chi connectivity index (χ2v) is 5.12. The molecule has 1 amide bonds. The average Bonchev–Trinajstić information content (AvgIpc) is 2.46. The fourth-order valence-corrected chi connectivity index (χ4v) is 2.09. The maximum Gasteiger partial charge on any atom is 0.271 e. The van der Waals surface area contributed by atoms with Crippen LogP contribution in [0.15, 0.2) is 36.4 Å². The number of rotatable bonds is 5. The highest BCUT2D eigenvalue weighted by molar-refractivity contribution is 5.93. The summed E-state index contributed by atoms with van der Waals surface area (Å²) in [5, 5.41) is 22.7. The van der Waals surface area contributed by atoms with Gasteiger partial charge in [0.05, 0.1) is 10.6 Å². The second kappa shape index (κ2) is 6.78. The van der Waals surface area contributed by atoms with E-state index >= 15 is 0 Å². The summed E-state index contributed by atoms with van der Waals surface area (Å²) in [5.41, 5.74) is 1.76. The molecule has 0 radical (unpaired) electrons. The molecule has 0 atom stereocenters. The van der Waals surface area contributed by atoms with Gasteiger partial charge in [0.15, 0.2) is 6.61 Å². The maximum absolute atomic E-state index is 11.9. The Morgan fingerprint density at radius 1 is 1.22 bits per heavy atom. The van der Waals surface area contributed by atoms with Gasteiger partial charge in [-0.3, -0.25) is 14.9 Å². The number of carbonyl (C=O) groups is 1. The van der Waals surface area contributed by atoms with Crippen molar-refractivity contribution in [3.63, 3.8) is 0 Å². The lowest BCUT2D eigenvalue weighted by Crippen LogP contribution is -2.20. The quantitative estimate of drug-likeness (QED) is 0.501. The Labute approximate surface area is 132 Å². The van der Waals surface area contributed by atoms with E-state index in [1.165, 1.54) is 0 Å². The lowest BCUT2D eigenvalue weighted by atomic mass is 10.1. The fraction of sp³-hybridized carbons (Fsp3) is 0.188. The highest BCUT2D eigenvalue weighted by atomic mass is 16.6. The van der Waals surface area contributed by atoms with Crippen molar-refractivity contribution in [2.24, 2.45) is 0 Å². The molecular weight excluding hydrogens is 300 g/mol. The van der Waals surface area contributed by atoms with Crippen molar-refractivity contribution in [1.29, 1.82) is 0 Å². The summed E-state index contributed by atoms with van der Waals surface area (Å²) >= 11 is 0. The molecule has 0 fully saturated rings. The summed E-state index contributed by atoms with van der Waals surface area (Å²) < 4.78 is 5.39. The minimum absolute atomic E-state index is 0.0341. The van der Waals surface area contributed by atoms with Crippen LogP contribution in [0.1, 0.15) is 11.1 Å². The molecule has 2 rings (SSSR count). The number of phenols is 1. The van der Waals surface area contributed by atoms with Gasteiger partial charge in [-0.1, -0.05) is 6.07 Å². The van der Waals surface area contributed by atoms with Crippen LogP contribution < -0.4 is 10.1 Å². The zero-order chi connectivity index (χ0) is 17.0. The molecular formula is C16H16N2O5. The molecule has 0 aliphatic rings. The van der Waals surface area contributed by atoms with E-state index in [0.717, 1.165) is 29.3 Å². The lowest BCUT2D eigenvalue weighted by Gasteiger charge is -2.10. The van der Waals surface area contributed by atoms with Crippen LogP contribution >= 0.6 is 0 Å². The van der Waals surface area contributed by atoms with Crippen molar-refractivity contribution in [2.75, 3.05) is 11.9 Å². The molecule has 0 bridgehead atoms. The number of ether oxygens (including phenoxy) is 1. The molecule has 0 unspecified atom stereocenters. The molecule has 7 heteroatoms. The number of nitro groups is 1. The first kappa shape index (κ1) is 16.3. The Kier molecular flexibility index (Phi) is 4.80. The van der Waals surface area contributed by atoms with Crippen LogP contribution in [0.4, 0.5) is 11.4 Å². The van der Waals surface area contributed by atoms with E-state index in [2.05, 4.69) is 5.32 Å². The topological polar surface area (TPSA) is 102 Å². The minimum Gasteiger partial charge on any atom is -0.506 e. The van der Waals surface area contributed by atoms with Crippen molar-refractivity contribution in [3.8, 4) is 11.5 Å². The summed E-state index contributed by atoms with van der Waals surface area (Å²) in [6.07, 6.45) is 0. The summed E-state index contributed by atoms with van der Waals surface area (Å²) in [6, 6.07) is 8.96. The van der Waals surface area contributed by atoms with Crippen molar-refractivity contribution >= 4 is 17.3 Å². The number of nitro benzene ring substituents is 1. The first-order valence-electron chi connectivity index (χ1n) is 6.83. The summed E-state index contributed by atoms with van der Waals surface area (Å²) in [6.45, 7) is 3.56. The van der Waals surface area contributed by atoms with Crippen LogP contribution in [0.3, 0.4) is 0 Å². The van der Waals surface area contributed by atoms with E-state index in [0.29, 0.717) is 5.75 Å². The van der Waals surface area contributed by atoms with E-state index < -0.39 is 10.8 Å². The molecule has 2 aromatic rings. The van der Waals surface area contributed by atoms with Gasteiger partial charge >= 0.3 is 0 Å². The van der Waals surface area contributed by atoms with Gasteiger partial charge in [-0.15, -0.1) is 0 Å². The molecule has 0 saturated carbocycles. The number of hydrogen-bond donors (Lipinski definition) is 2. The van der Waals surface area contributed by atoms with Crippen LogP contribution in [-0.2, 0) is 4.79 Å². The Morgan fingerprint density at radius 2 is 1.87 bits per heavy atom. The molecule has 0 heterocycles. The number of non-ortho nitro benzene ring substituents is 1. The number of anilines is 1. The van der Waals surface area contributed by atoms with Crippen LogP contribution in [0.25, 0.3) is 0 Å². The van der Waals surface area contributed by atoms with Gasteiger partial charge in [0.25, 0.3) is 11.6 Å². The van der Waals surface area contributed by atoms with Crippen molar-refractivity contribution in [2.45, 2.75) is 13.8 Å². The Balaban J connectivity index is 2.02. The number of benzene rings is 2. The van der Waals surface area contributed by atoms with E-state index in [9.17, 15) is 20.0 Å².